The van der Waals surface area contributed by atoms with E-state index in [2.05, 4.69) is 4.90 Å². The molecule has 0 unspecified atom stereocenters. The summed E-state index contributed by atoms with van der Waals surface area (Å²) in [4.78, 5) is 12.0. The summed E-state index contributed by atoms with van der Waals surface area (Å²) in [5, 5.41) is -0.165. The van der Waals surface area contributed by atoms with E-state index in [1.54, 1.807) is 6.92 Å². The molecule has 1 aromatic heterocycles. The number of hydrogen-bond acceptors (Lipinski definition) is 5. The van der Waals surface area contributed by atoms with E-state index in [1.165, 1.54) is 30.5 Å². The smallest absolute Gasteiger partial charge is 0.153 e. The average molecular weight is 335 g/mol. The number of sulfone groups is 1. The van der Waals surface area contributed by atoms with Gasteiger partial charge in [-0.2, -0.15) is 0 Å². The monoisotopic (exact) mass is 335 g/mol. The molecule has 0 atom stereocenters. The van der Waals surface area contributed by atoms with Gasteiger partial charge in [-0.1, -0.05) is 6.92 Å². The second kappa shape index (κ2) is 5.72. The first-order valence-corrected chi connectivity index (χ1v) is 10.7. The lowest BCUT2D eigenvalue weighted by atomic mass is 10.1. The number of aromatic nitrogens is 2. The van der Waals surface area contributed by atoms with Crippen molar-refractivity contribution >= 4 is 15.7 Å². The van der Waals surface area contributed by atoms with Crippen LogP contribution in [0.15, 0.2) is 0 Å². The van der Waals surface area contributed by atoms with Gasteiger partial charge in [-0.05, 0) is 44.9 Å². The van der Waals surface area contributed by atoms with Crippen molar-refractivity contribution in [3.8, 4) is 0 Å². The Balaban J connectivity index is 1.57. The van der Waals surface area contributed by atoms with Crippen molar-refractivity contribution in [2.75, 3.05) is 23.7 Å². The minimum Gasteiger partial charge on any atom is -0.356 e. The van der Waals surface area contributed by atoms with Crippen LogP contribution in [-0.2, 0) is 22.7 Å². The first-order chi connectivity index (χ1) is 11.1. The van der Waals surface area contributed by atoms with Crippen molar-refractivity contribution in [2.24, 2.45) is 0 Å². The number of fused-ring (bicyclic) bond motifs is 1. The maximum absolute atomic E-state index is 12.1. The summed E-state index contributed by atoms with van der Waals surface area (Å²) in [6.45, 7) is 3.36. The summed E-state index contributed by atoms with van der Waals surface area (Å²) in [5.74, 6) is 2.97. The van der Waals surface area contributed by atoms with Gasteiger partial charge in [0.05, 0.1) is 5.25 Å². The standard InChI is InChI=1S/C17H25N3O2S/c1-2-23(21,22)13-8-10-20(11-9-13)17-14-4-3-5-15(14)18-16(19-17)12-6-7-12/h12-13H,2-11H2,1H3. The second-order valence-corrected chi connectivity index (χ2v) is 9.67. The van der Waals surface area contributed by atoms with Gasteiger partial charge in [0.2, 0.25) is 0 Å². The molecular weight excluding hydrogens is 310 g/mol. The Bertz CT molecular complexity index is 705. The number of aryl methyl sites for hydroxylation is 1. The predicted molar refractivity (Wildman–Crippen MR) is 90.7 cm³/mol. The summed E-state index contributed by atoms with van der Waals surface area (Å²) in [6, 6.07) is 0. The Hall–Kier alpha value is -1.17. The summed E-state index contributed by atoms with van der Waals surface area (Å²) >= 11 is 0. The van der Waals surface area contributed by atoms with Gasteiger partial charge in [0.25, 0.3) is 0 Å². The quantitative estimate of drug-likeness (QED) is 0.844. The number of hydrogen-bond donors (Lipinski definition) is 0. The molecule has 2 heterocycles. The van der Waals surface area contributed by atoms with Crippen molar-refractivity contribution in [3.63, 3.8) is 0 Å². The van der Waals surface area contributed by atoms with E-state index in [4.69, 9.17) is 9.97 Å². The van der Waals surface area contributed by atoms with Crippen molar-refractivity contribution in [1.29, 1.82) is 0 Å². The van der Waals surface area contributed by atoms with E-state index in [-0.39, 0.29) is 11.0 Å². The molecule has 1 saturated carbocycles. The molecule has 23 heavy (non-hydrogen) atoms. The zero-order valence-corrected chi connectivity index (χ0v) is 14.6. The molecule has 0 amide bonds. The fraction of sp³-hybridized carbons (Fsp3) is 0.765. The van der Waals surface area contributed by atoms with Gasteiger partial charge in [-0.15, -0.1) is 0 Å². The van der Waals surface area contributed by atoms with Crippen LogP contribution in [0.1, 0.15) is 62.0 Å². The van der Waals surface area contributed by atoms with Crippen LogP contribution in [0.5, 0.6) is 0 Å². The highest BCUT2D eigenvalue weighted by Gasteiger charge is 2.33. The van der Waals surface area contributed by atoms with E-state index in [9.17, 15) is 8.42 Å². The molecule has 0 N–H and O–H groups in total. The van der Waals surface area contributed by atoms with Crippen LogP contribution in [0.3, 0.4) is 0 Å². The van der Waals surface area contributed by atoms with Gasteiger partial charge >= 0.3 is 0 Å². The molecule has 4 rings (SSSR count). The molecular formula is C17H25N3O2S. The van der Waals surface area contributed by atoms with E-state index in [1.807, 2.05) is 0 Å². The first-order valence-electron chi connectivity index (χ1n) is 8.94. The molecule has 1 aromatic rings. The lowest BCUT2D eigenvalue weighted by Gasteiger charge is -2.33. The molecule has 1 saturated heterocycles. The Labute approximate surface area is 138 Å². The Morgan fingerprint density at radius 1 is 1.09 bits per heavy atom. The van der Waals surface area contributed by atoms with Crippen molar-refractivity contribution < 1.29 is 8.42 Å². The highest BCUT2D eigenvalue weighted by molar-refractivity contribution is 7.92. The van der Waals surface area contributed by atoms with Crippen LogP contribution in [0.25, 0.3) is 0 Å². The first kappa shape index (κ1) is 15.4. The molecule has 0 spiro atoms. The minimum absolute atomic E-state index is 0.165. The third kappa shape index (κ3) is 2.86. The molecule has 0 bridgehead atoms. The topological polar surface area (TPSA) is 63.2 Å². The SMILES string of the molecule is CCS(=O)(=O)C1CCN(c2nc(C3CC3)nc3c2CCC3)CC1. The van der Waals surface area contributed by atoms with E-state index in [0.717, 1.165) is 50.4 Å². The second-order valence-electron chi connectivity index (χ2n) is 7.10. The van der Waals surface area contributed by atoms with Gasteiger partial charge in [0.15, 0.2) is 9.84 Å². The Kier molecular flexibility index (Phi) is 3.82. The van der Waals surface area contributed by atoms with E-state index >= 15 is 0 Å². The minimum atomic E-state index is -2.91. The Morgan fingerprint density at radius 2 is 1.83 bits per heavy atom. The highest BCUT2D eigenvalue weighted by atomic mass is 32.2. The van der Waals surface area contributed by atoms with Crippen LogP contribution in [0, 0.1) is 0 Å². The molecule has 5 nitrogen and oxygen atoms in total. The molecule has 126 valence electrons. The van der Waals surface area contributed by atoms with Crippen LogP contribution in [-0.4, -0.2) is 42.5 Å². The average Bonchev–Trinajstić information content (AvgIpc) is 3.32. The lowest BCUT2D eigenvalue weighted by molar-refractivity contribution is 0.527. The van der Waals surface area contributed by atoms with Crippen molar-refractivity contribution in [1.82, 2.24) is 9.97 Å². The van der Waals surface area contributed by atoms with Crippen LogP contribution < -0.4 is 4.90 Å². The summed E-state index contributed by atoms with van der Waals surface area (Å²) in [7, 11) is -2.91. The maximum Gasteiger partial charge on any atom is 0.153 e. The number of piperidine rings is 1. The van der Waals surface area contributed by atoms with Gasteiger partial charge in [0.1, 0.15) is 11.6 Å². The van der Waals surface area contributed by atoms with Crippen molar-refractivity contribution in [3.05, 3.63) is 17.1 Å². The molecule has 0 aromatic carbocycles. The summed E-state index contributed by atoms with van der Waals surface area (Å²) < 4.78 is 24.2. The third-order valence-corrected chi connectivity index (χ3v) is 7.81. The van der Waals surface area contributed by atoms with Crippen LogP contribution >= 0.6 is 0 Å². The fourth-order valence-electron chi connectivity index (χ4n) is 3.88. The summed E-state index contributed by atoms with van der Waals surface area (Å²) in [5.41, 5.74) is 2.58. The lowest BCUT2D eigenvalue weighted by Crippen LogP contribution is -2.40. The van der Waals surface area contributed by atoms with Gasteiger partial charge < -0.3 is 4.90 Å². The normalized spacial score (nSPS) is 22.4. The number of nitrogens with zero attached hydrogens (tertiary/aromatic N) is 3. The molecule has 1 aliphatic heterocycles. The van der Waals surface area contributed by atoms with E-state index in [0.29, 0.717) is 5.92 Å². The maximum atomic E-state index is 12.1. The molecule has 0 radical (unpaired) electrons. The molecule has 3 aliphatic rings. The van der Waals surface area contributed by atoms with Gasteiger partial charge in [-0.3, -0.25) is 0 Å². The zero-order chi connectivity index (χ0) is 16.0. The fourth-order valence-corrected chi connectivity index (χ4v) is 5.28. The number of anilines is 1. The predicted octanol–water partition coefficient (Wildman–Crippen LogP) is 2.25. The van der Waals surface area contributed by atoms with Gasteiger partial charge in [0, 0.05) is 36.0 Å². The number of rotatable bonds is 4. The molecule has 6 heteroatoms. The molecule has 2 fully saturated rings. The largest absolute Gasteiger partial charge is 0.356 e. The molecule has 2 aliphatic carbocycles. The highest BCUT2D eigenvalue weighted by Crippen LogP contribution is 2.41. The van der Waals surface area contributed by atoms with Gasteiger partial charge in [-0.25, -0.2) is 18.4 Å². The van der Waals surface area contributed by atoms with E-state index < -0.39 is 9.84 Å². The van der Waals surface area contributed by atoms with Crippen LogP contribution in [0.4, 0.5) is 5.82 Å². The van der Waals surface area contributed by atoms with Crippen LogP contribution in [0.2, 0.25) is 0 Å². The summed E-state index contributed by atoms with van der Waals surface area (Å²) in [6.07, 6.45) is 7.21. The third-order valence-electron chi connectivity index (χ3n) is 5.52. The Morgan fingerprint density at radius 3 is 2.48 bits per heavy atom. The zero-order valence-electron chi connectivity index (χ0n) is 13.8. The van der Waals surface area contributed by atoms with Crippen molar-refractivity contribution in [2.45, 2.75) is 63.0 Å².